The smallest absolute Gasteiger partial charge is 0.0972 e. The number of anilines is 1. The van der Waals surface area contributed by atoms with Crippen LogP contribution in [0.25, 0.3) is 32.2 Å². The number of allylic oxidation sites excluding steroid dienone is 3. The zero-order valence-corrected chi connectivity index (χ0v) is 17.1. The zero-order chi connectivity index (χ0) is 20.5. The Balaban J connectivity index is 1.67. The van der Waals surface area contributed by atoms with Gasteiger partial charge in [-0.1, -0.05) is 12.1 Å². The van der Waals surface area contributed by atoms with Crippen molar-refractivity contribution in [2.75, 3.05) is 5.32 Å². The molecule has 5 rings (SSSR count). The molecule has 2 aromatic heterocycles. The van der Waals surface area contributed by atoms with Gasteiger partial charge in [0.25, 0.3) is 0 Å². The molecule has 0 amide bonds. The summed E-state index contributed by atoms with van der Waals surface area (Å²) in [7, 11) is 0. The van der Waals surface area contributed by atoms with Crippen LogP contribution in [0.4, 0.5) is 5.69 Å². The first-order chi connectivity index (χ1) is 14.7. The van der Waals surface area contributed by atoms with E-state index >= 15 is 0 Å². The van der Waals surface area contributed by atoms with Crippen LogP contribution in [-0.2, 0) is 0 Å². The molecule has 0 atom stereocenters. The summed E-state index contributed by atoms with van der Waals surface area (Å²) >= 11 is 1.76. The molecule has 2 aromatic carbocycles. The lowest BCUT2D eigenvalue weighted by Gasteiger charge is -2.13. The maximum absolute atomic E-state index is 9.51. The molecule has 1 N–H and O–H groups in total. The van der Waals surface area contributed by atoms with Gasteiger partial charge in [0.2, 0.25) is 0 Å². The summed E-state index contributed by atoms with van der Waals surface area (Å²) in [5.74, 6) is 0. The molecule has 6 heteroatoms. The van der Waals surface area contributed by atoms with E-state index in [9.17, 15) is 5.26 Å². The first-order valence-corrected chi connectivity index (χ1v) is 10.4. The summed E-state index contributed by atoms with van der Waals surface area (Å²) in [5.41, 5.74) is 7.18. The Hall–Kier alpha value is -3.82. The molecule has 0 saturated carbocycles. The van der Waals surface area contributed by atoms with E-state index in [0.29, 0.717) is 17.7 Å². The highest BCUT2D eigenvalue weighted by Gasteiger charge is 2.13. The number of nitrogens with zero attached hydrogens (tertiary/aromatic N) is 4. The molecule has 0 aliphatic carbocycles. The molecule has 30 heavy (non-hydrogen) atoms. The van der Waals surface area contributed by atoms with E-state index in [1.54, 1.807) is 36.1 Å². The summed E-state index contributed by atoms with van der Waals surface area (Å²) < 4.78 is 1.27. The van der Waals surface area contributed by atoms with Crippen molar-refractivity contribution < 1.29 is 0 Å². The predicted octanol–water partition coefficient (Wildman–Crippen LogP) is 6.00. The predicted molar refractivity (Wildman–Crippen MR) is 124 cm³/mol. The molecule has 144 valence electrons. The number of hydrogen-bond acceptors (Lipinski definition) is 6. The molecule has 1 aliphatic rings. The van der Waals surface area contributed by atoms with Crippen LogP contribution in [0.15, 0.2) is 76.6 Å². The Kier molecular flexibility index (Phi) is 4.58. The van der Waals surface area contributed by atoms with Crippen LogP contribution in [-0.4, -0.2) is 16.2 Å². The Labute approximate surface area is 177 Å². The summed E-state index contributed by atoms with van der Waals surface area (Å²) in [5, 5.41) is 16.3. The maximum atomic E-state index is 9.51. The fourth-order valence-electron chi connectivity index (χ4n) is 3.60. The molecule has 5 nitrogen and oxygen atoms in total. The normalized spacial score (nSPS) is 13.6. The highest BCUT2D eigenvalue weighted by atomic mass is 32.1. The lowest BCUT2D eigenvalue weighted by molar-refractivity contribution is 1.25. The number of hydrogen-bond donors (Lipinski definition) is 1. The third-order valence-electron chi connectivity index (χ3n) is 5.11. The van der Waals surface area contributed by atoms with Gasteiger partial charge >= 0.3 is 0 Å². The van der Waals surface area contributed by atoms with Crippen LogP contribution in [0.5, 0.6) is 0 Å². The number of aromatic nitrogens is 2. The van der Waals surface area contributed by atoms with Gasteiger partial charge in [-0.2, -0.15) is 5.26 Å². The van der Waals surface area contributed by atoms with Gasteiger partial charge in [0.15, 0.2) is 0 Å². The summed E-state index contributed by atoms with van der Waals surface area (Å²) in [6.45, 7) is 2.13. The van der Waals surface area contributed by atoms with E-state index in [-0.39, 0.29) is 0 Å². The molecule has 0 fully saturated rings. The van der Waals surface area contributed by atoms with Crippen molar-refractivity contribution >= 4 is 44.4 Å². The Morgan fingerprint density at radius 1 is 1.13 bits per heavy atom. The first kappa shape index (κ1) is 18.2. The van der Waals surface area contributed by atoms with Crippen molar-refractivity contribution in [3.8, 4) is 17.2 Å². The number of nitriles is 1. The molecule has 4 aromatic rings. The fourth-order valence-corrected chi connectivity index (χ4v) is 4.52. The molecular weight excluding hydrogens is 390 g/mol. The van der Waals surface area contributed by atoms with E-state index in [1.807, 2.05) is 12.1 Å². The zero-order valence-electron chi connectivity index (χ0n) is 16.3. The number of aryl methyl sites for hydroxylation is 1. The molecule has 0 radical (unpaired) electrons. The van der Waals surface area contributed by atoms with Crippen molar-refractivity contribution in [2.45, 2.75) is 13.3 Å². The number of rotatable bonds is 3. The van der Waals surface area contributed by atoms with Crippen molar-refractivity contribution in [1.29, 1.82) is 5.26 Å². The number of benzene rings is 2. The molecule has 1 aliphatic heterocycles. The summed E-state index contributed by atoms with van der Waals surface area (Å²) in [6, 6.07) is 12.8. The van der Waals surface area contributed by atoms with Gasteiger partial charge in [0.1, 0.15) is 0 Å². The third kappa shape index (κ3) is 3.25. The van der Waals surface area contributed by atoms with Crippen LogP contribution in [0.1, 0.15) is 12.0 Å². The molecule has 0 bridgehead atoms. The lowest BCUT2D eigenvalue weighted by Crippen LogP contribution is -2.04. The topological polar surface area (TPSA) is 74.0 Å². The lowest BCUT2D eigenvalue weighted by atomic mass is 10.0. The van der Waals surface area contributed by atoms with Gasteiger partial charge in [-0.05, 0) is 53.1 Å². The molecule has 0 spiro atoms. The van der Waals surface area contributed by atoms with Crippen molar-refractivity contribution in [3.05, 3.63) is 77.2 Å². The Morgan fingerprint density at radius 3 is 2.93 bits per heavy atom. The first-order valence-electron chi connectivity index (χ1n) is 9.54. The maximum Gasteiger partial charge on any atom is 0.0972 e. The number of thiophene rings is 1. The Morgan fingerprint density at radius 2 is 2.03 bits per heavy atom. The molecule has 0 saturated heterocycles. The van der Waals surface area contributed by atoms with Gasteiger partial charge in [0.05, 0.1) is 34.6 Å². The van der Waals surface area contributed by atoms with Gasteiger partial charge in [-0.15, -0.1) is 11.3 Å². The SMILES string of the molecule is Cc1csc2ccc(-c3cc(NC4=C(C#N)CC=CN=C4)cc4nccnc34)cc12. The minimum absolute atomic E-state index is 0.549. The van der Waals surface area contributed by atoms with Crippen molar-refractivity contribution in [1.82, 2.24) is 9.97 Å². The fraction of sp³-hybridized carbons (Fsp3) is 0.0833. The van der Waals surface area contributed by atoms with Crippen molar-refractivity contribution in [3.63, 3.8) is 0 Å². The van der Waals surface area contributed by atoms with Crippen LogP contribution < -0.4 is 5.32 Å². The van der Waals surface area contributed by atoms with E-state index in [1.165, 1.54) is 15.6 Å². The van der Waals surface area contributed by atoms with Crippen LogP contribution in [0.3, 0.4) is 0 Å². The number of aliphatic imine (C=N–C) groups is 1. The minimum Gasteiger partial charge on any atom is -0.353 e. The number of fused-ring (bicyclic) bond motifs is 2. The number of nitrogens with one attached hydrogen (secondary N) is 1. The van der Waals surface area contributed by atoms with Crippen LogP contribution in [0.2, 0.25) is 0 Å². The van der Waals surface area contributed by atoms with E-state index in [4.69, 9.17) is 0 Å². The van der Waals surface area contributed by atoms with Gasteiger partial charge < -0.3 is 5.32 Å². The van der Waals surface area contributed by atoms with E-state index in [2.05, 4.69) is 62.9 Å². The molecule has 3 heterocycles. The van der Waals surface area contributed by atoms with E-state index in [0.717, 1.165) is 27.8 Å². The van der Waals surface area contributed by atoms with Gasteiger partial charge in [-0.25, -0.2) is 0 Å². The van der Waals surface area contributed by atoms with Gasteiger partial charge in [0, 0.05) is 41.0 Å². The monoisotopic (exact) mass is 407 g/mol. The quantitative estimate of drug-likeness (QED) is 0.452. The van der Waals surface area contributed by atoms with Crippen LogP contribution >= 0.6 is 11.3 Å². The highest BCUT2D eigenvalue weighted by Crippen LogP contribution is 2.35. The largest absolute Gasteiger partial charge is 0.353 e. The van der Waals surface area contributed by atoms with Crippen molar-refractivity contribution in [2.24, 2.45) is 4.99 Å². The standard InChI is InChI=1S/C24H17N5S/c1-15-14-30-23-5-4-16(9-19(15)23)20-10-18(11-21-24(20)28-8-7-27-21)29-22-13-26-6-2-3-17(22)12-25/h2,4-11,13-14,29H,3H2,1H3. The second-order valence-corrected chi connectivity index (χ2v) is 7.98. The second-order valence-electron chi connectivity index (χ2n) is 7.07. The average molecular weight is 408 g/mol. The second kappa shape index (κ2) is 7.54. The Bertz CT molecular complexity index is 1420. The van der Waals surface area contributed by atoms with E-state index < -0.39 is 0 Å². The summed E-state index contributed by atoms with van der Waals surface area (Å²) in [6.07, 6.45) is 9.23. The highest BCUT2D eigenvalue weighted by molar-refractivity contribution is 7.17. The molecular formula is C24H17N5S. The molecule has 0 unspecified atom stereocenters. The average Bonchev–Trinajstić information content (AvgIpc) is 3.00. The summed E-state index contributed by atoms with van der Waals surface area (Å²) in [4.78, 5) is 13.3. The van der Waals surface area contributed by atoms with Gasteiger partial charge in [-0.3, -0.25) is 15.0 Å². The van der Waals surface area contributed by atoms with Crippen LogP contribution in [0, 0.1) is 18.3 Å². The minimum atomic E-state index is 0.549. The third-order valence-corrected chi connectivity index (χ3v) is 6.19.